The number of benzene rings is 2. The van der Waals surface area contributed by atoms with Gasteiger partial charge in [-0.15, -0.1) is 0 Å². The maximum atomic E-state index is 13.1. The van der Waals surface area contributed by atoms with Crippen molar-refractivity contribution in [2.24, 2.45) is 0 Å². The summed E-state index contributed by atoms with van der Waals surface area (Å²) in [7, 11) is -4.02. The van der Waals surface area contributed by atoms with Gasteiger partial charge >= 0.3 is 0 Å². The molecule has 9 nitrogen and oxygen atoms in total. The average Bonchev–Trinajstić information content (AvgIpc) is 2.78. The fourth-order valence-corrected chi connectivity index (χ4v) is 5.48. The molecule has 0 aliphatic carbocycles. The van der Waals surface area contributed by atoms with Gasteiger partial charge in [-0.05, 0) is 18.6 Å². The Kier molecular flexibility index (Phi) is 5.31. The van der Waals surface area contributed by atoms with Crippen LogP contribution >= 0.6 is 0 Å². The number of hydrogen-bond acceptors (Lipinski definition) is 7. The van der Waals surface area contributed by atoms with Crippen LogP contribution in [0.2, 0.25) is 0 Å². The van der Waals surface area contributed by atoms with Crippen LogP contribution < -0.4 is 4.90 Å². The molecular formula is C21H19N5O4S. The summed E-state index contributed by atoms with van der Waals surface area (Å²) in [5.74, 6) is 0. The zero-order valence-electron chi connectivity index (χ0n) is 16.7. The van der Waals surface area contributed by atoms with E-state index in [1.807, 2.05) is 30.0 Å². The SMILES string of the molecule is Cc1cccc2c(N3CCN(S(=O)(=O)c4ccccc4[N+](=O)[O-])CC3)c(C#N)cnc12. The smallest absolute Gasteiger partial charge is 0.289 e. The Morgan fingerprint density at radius 2 is 1.81 bits per heavy atom. The predicted octanol–water partition coefficient (Wildman–Crippen LogP) is 2.83. The van der Waals surface area contributed by atoms with Crippen molar-refractivity contribution in [2.45, 2.75) is 11.8 Å². The molecule has 1 aliphatic heterocycles. The summed E-state index contributed by atoms with van der Waals surface area (Å²) in [4.78, 5) is 16.7. The molecule has 0 saturated carbocycles. The van der Waals surface area contributed by atoms with Gasteiger partial charge in [0.1, 0.15) is 6.07 Å². The molecule has 2 heterocycles. The Morgan fingerprint density at radius 3 is 2.48 bits per heavy atom. The highest BCUT2D eigenvalue weighted by atomic mass is 32.2. The number of nitrogens with zero attached hydrogens (tertiary/aromatic N) is 5. The monoisotopic (exact) mass is 437 g/mol. The van der Waals surface area contributed by atoms with E-state index in [1.54, 1.807) is 6.20 Å². The molecule has 158 valence electrons. The highest BCUT2D eigenvalue weighted by molar-refractivity contribution is 7.89. The van der Waals surface area contributed by atoms with E-state index in [1.165, 1.54) is 28.6 Å². The fraction of sp³-hybridized carbons (Fsp3) is 0.238. The normalized spacial score (nSPS) is 15.0. The van der Waals surface area contributed by atoms with Crippen LogP contribution in [-0.2, 0) is 10.0 Å². The van der Waals surface area contributed by atoms with Crippen molar-refractivity contribution in [3.63, 3.8) is 0 Å². The Hall–Kier alpha value is -3.55. The van der Waals surface area contributed by atoms with Gasteiger partial charge in [-0.1, -0.05) is 30.3 Å². The number of rotatable bonds is 4. The summed E-state index contributed by atoms with van der Waals surface area (Å²) in [6.07, 6.45) is 1.54. The summed E-state index contributed by atoms with van der Waals surface area (Å²) < 4.78 is 27.4. The average molecular weight is 437 g/mol. The first kappa shape index (κ1) is 20.7. The van der Waals surface area contributed by atoms with Crippen LogP contribution in [-0.4, -0.2) is 48.8 Å². The zero-order valence-corrected chi connectivity index (χ0v) is 17.5. The van der Waals surface area contributed by atoms with Crippen molar-refractivity contribution >= 4 is 32.3 Å². The standard InChI is InChI=1S/C21H19N5O4S/c1-15-5-4-6-17-20(15)23-14-16(13-22)21(17)24-9-11-25(12-10-24)31(29,30)19-8-3-2-7-18(19)26(27)28/h2-8,14H,9-12H2,1H3. The minimum Gasteiger partial charge on any atom is -0.367 e. The van der Waals surface area contributed by atoms with Crippen molar-refractivity contribution in [3.05, 3.63) is 69.9 Å². The van der Waals surface area contributed by atoms with E-state index in [2.05, 4.69) is 11.1 Å². The molecule has 0 spiro atoms. The van der Waals surface area contributed by atoms with Gasteiger partial charge in [0.25, 0.3) is 5.69 Å². The van der Waals surface area contributed by atoms with Gasteiger partial charge in [0.15, 0.2) is 4.90 Å². The maximum Gasteiger partial charge on any atom is 0.289 e. The van der Waals surface area contributed by atoms with E-state index in [4.69, 9.17) is 0 Å². The molecule has 3 aromatic rings. The van der Waals surface area contributed by atoms with Crippen LogP contribution in [0.4, 0.5) is 11.4 Å². The molecule has 0 atom stereocenters. The lowest BCUT2D eigenvalue weighted by Gasteiger charge is -2.36. The van der Waals surface area contributed by atoms with Crippen LogP contribution in [0.5, 0.6) is 0 Å². The number of anilines is 1. The second-order valence-corrected chi connectivity index (χ2v) is 9.13. The lowest BCUT2D eigenvalue weighted by atomic mass is 10.1. The Labute approximate surface area is 179 Å². The van der Waals surface area contributed by atoms with Gasteiger partial charge in [-0.25, -0.2) is 8.42 Å². The van der Waals surface area contributed by atoms with Gasteiger partial charge in [0.2, 0.25) is 10.0 Å². The van der Waals surface area contributed by atoms with E-state index >= 15 is 0 Å². The summed E-state index contributed by atoms with van der Waals surface area (Å²) in [6, 6.07) is 13.3. The zero-order chi connectivity index (χ0) is 22.2. The maximum absolute atomic E-state index is 13.1. The summed E-state index contributed by atoms with van der Waals surface area (Å²) >= 11 is 0. The van der Waals surface area contributed by atoms with Crippen molar-refractivity contribution in [1.29, 1.82) is 5.26 Å². The number of nitro benzene ring substituents is 1. The number of nitriles is 1. The predicted molar refractivity (Wildman–Crippen MR) is 115 cm³/mol. The van der Waals surface area contributed by atoms with Crippen LogP contribution in [0.3, 0.4) is 0 Å². The summed E-state index contributed by atoms with van der Waals surface area (Å²) in [6.45, 7) is 2.94. The molecule has 1 fully saturated rings. The molecule has 2 aromatic carbocycles. The first-order valence-corrected chi connectivity index (χ1v) is 11.1. The van der Waals surface area contributed by atoms with Crippen LogP contribution in [0.15, 0.2) is 53.6 Å². The molecule has 1 aromatic heterocycles. The molecule has 0 amide bonds. The van der Waals surface area contributed by atoms with E-state index in [9.17, 15) is 23.8 Å². The third kappa shape index (κ3) is 3.58. The number of piperazine rings is 1. The second kappa shape index (κ2) is 7.94. The topological polar surface area (TPSA) is 120 Å². The van der Waals surface area contributed by atoms with Crippen molar-refractivity contribution in [3.8, 4) is 6.07 Å². The molecule has 1 saturated heterocycles. The van der Waals surface area contributed by atoms with E-state index in [0.29, 0.717) is 18.7 Å². The highest BCUT2D eigenvalue weighted by Gasteiger charge is 2.34. The Balaban J connectivity index is 1.65. The fourth-order valence-electron chi connectivity index (χ4n) is 3.90. The molecule has 10 heteroatoms. The number of sulfonamides is 1. The van der Waals surface area contributed by atoms with E-state index in [-0.39, 0.29) is 18.0 Å². The lowest BCUT2D eigenvalue weighted by molar-refractivity contribution is -0.387. The highest BCUT2D eigenvalue weighted by Crippen LogP contribution is 2.33. The minimum atomic E-state index is -4.02. The van der Waals surface area contributed by atoms with Gasteiger partial charge < -0.3 is 4.90 Å². The molecule has 0 radical (unpaired) electrons. The summed E-state index contributed by atoms with van der Waals surface area (Å²) in [5, 5.41) is 21.7. The number of para-hydroxylation sites is 2. The van der Waals surface area contributed by atoms with Crippen molar-refractivity contribution in [2.75, 3.05) is 31.1 Å². The molecule has 0 N–H and O–H groups in total. The van der Waals surface area contributed by atoms with E-state index < -0.39 is 20.6 Å². The number of fused-ring (bicyclic) bond motifs is 1. The Morgan fingerprint density at radius 1 is 1.10 bits per heavy atom. The van der Waals surface area contributed by atoms with Crippen LogP contribution in [0.25, 0.3) is 10.9 Å². The Bertz CT molecular complexity index is 1330. The van der Waals surface area contributed by atoms with Gasteiger partial charge in [0, 0.05) is 43.8 Å². The number of nitro groups is 1. The van der Waals surface area contributed by atoms with E-state index in [0.717, 1.165) is 22.2 Å². The third-order valence-electron chi connectivity index (χ3n) is 5.43. The number of aryl methyl sites for hydroxylation is 1. The summed E-state index contributed by atoms with van der Waals surface area (Å²) in [5.41, 5.74) is 2.51. The molecule has 0 bridgehead atoms. The number of aromatic nitrogens is 1. The largest absolute Gasteiger partial charge is 0.367 e. The third-order valence-corrected chi connectivity index (χ3v) is 7.37. The molecule has 1 aliphatic rings. The van der Waals surface area contributed by atoms with Crippen molar-refractivity contribution in [1.82, 2.24) is 9.29 Å². The first-order chi connectivity index (χ1) is 14.8. The van der Waals surface area contributed by atoms with Gasteiger partial charge in [-0.3, -0.25) is 15.1 Å². The van der Waals surface area contributed by atoms with Crippen LogP contribution in [0.1, 0.15) is 11.1 Å². The van der Waals surface area contributed by atoms with Gasteiger partial charge in [-0.2, -0.15) is 9.57 Å². The molecule has 0 unspecified atom stereocenters. The number of pyridine rings is 1. The quantitative estimate of drug-likeness (QED) is 0.454. The second-order valence-electron chi connectivity index (χ2n) is 7.22. The molecule has 31 heavy (non-hydrogen) atoms. The minimum absolute atomic E-state index is 0.148. The van der Waals surface area contributed by atoms with Gasteiger partial charge in [0.05, 0.1) is 21.7 Å². The first-order valence-electron chi connectivity index (χ1n) is 9.61. The lowest BCUT2D eigenvalue weighted by Crippen LogP contribution is -2.49. The number of hydrogen-bond donors (Lipinski definition) is 0. The van der Waals surface area contributed by atoms with Crippen LogP contribution in [0, 0.1) is 28.4 Å². The van der Waals surface area contributed by atoms with Crippen molar-refractivity contribution < 1.29 is 13.3 Å². The molecule has 4 rings (SSSR count). The molecular weight excluding hydrogens is 418 g/mol.